The van der Waals surface area contributed by atoms with Crippen LogP contribution in [-0.4, -0.2) is 50.7 Å². The third-order valence-electron chi connectivity index (χ3n) is 8.04. The molecule has 7 heteroatoms. The topological polar surface area (TPSA) is 76.5 Å². The van der Waals surface area contributed by atoms with Gasteiger partial charge < -0.3 is 15.0 Å². The standard InChI is InChI=1S/C28H38N4O3/c1-3-35-23-16-14-20(15-17-23)24-18-25-26(33)32(22-12-8-5-9-13-22)28(2,19-31(25)30-24)27(34)29-21-10-6-4-7-11-21/h14-18,21-22H,3-13,19H2,1-2H3,(H,29,34)/t28-/m1/s1. The SMILES string of the molecule is CCOc1ccc(-c2cc3n(n2)C[C@](C)(C(=O)NC2CCCCC2)N(C2CCCCC2)C3=O)cc1. The molecule has 1 aromatic heterocycles. The van der Waals surface area contributed by atoms with Gasteiger partial charge in [-0.05, 0) is 69.9 Å². The van der Waals surface area contributed by atoms with Gasteiger partial charge in [-0.15, -0.1) is 0 Å². The van der Waals surface area contributed by atoms with Crippen LogP contribution in [0.15, 0.2) is 30.3 Å². The van der Waals surface area contributed by atoms with Gasteiger partial charge in [0, 0.05) is 17.6 Å². The Hall–Kier alpha value is -2.83. The fraction of sp³-hybridized carbons (Fsp3) is 0.607. The van der Waals surface area contributed by atoms with E-state index in [1.807, 2.05) is 49.1 Å². The van der Waals surface area contributed by atoms with E-state index in [0.717, 1.165) is 68.4 Å². The summed E-state index contributed by atoms with van der Waals surface area (Å²) >= 11 is 0. The van der Waals surface area contributed by atoms with Crippen molar-refractivity contribution in [2.24, 2.45) is 0 Å². The van der Waals surface area contributed by atoms with E-state index in [9.17, 15) is 9.59 Å². The molecule has 2 heterocycles. The van der Waals surface area contributed by atoms with Crippen LogP contribution in [0.3, 0.4) is 0 Å². The number of hydrogen-bond acceptors (Lipinski definition) is 4. The number of carbonyl (C=O) groups is 2. The van der Waals surface area contributed by atoms with E-state index in [4.69, 9.17) is 9.84 Å². The van der Waals surface area contributed by atoms with Crippen LogP contribution in [-0.2, 0) is 11.3 Å². The summed E-state index contributed by atoms with van der Waals surface area (Å²) in [4.78, 5) is 29.7. The Labute approximate surface area is 208 Å². The number of benzene rings is 1. The van der Waals surface area contributed by atoms with Crippen LogP contribution in [0, 0.1) is 0 Å². The monoisotopic (exact) mass is 478 g/mol. The third-order valence-corrected chi connectivity index (χ3v) is 8.04. The van der Waals surface area contributed by atoms with Crippen LogP contribution in [0.1, 0.15) is 88.5 Å². The zero-order valence-corrected chi connectivity index (χ0v) is 21.1. The number of fused-ring (bicyclic) bond motifs is 1. The van der Waals surface area contributed by atoms with Gasteiger partial charge in [-0.2, -0.15) is 5.10 Å². The maximum absolute atomic E-state index is 14.0. The first-order valence-electron chi connectivity index (χ1n) is 13.5. The molecule has 0 bridgehead atoms. The number of ether oxygens (including phenoxy) is 1. The minimum atomic E-state index is -0.953. The van der Waals surface area contributed by atoms with Crippen molar-refractivity contribution in [1.29, 1.82) is 0 Å². The van der Waals surface area contributed by atoms with Crippen molar-refractivity contribution in [3.8, 4) is 17.0 Å². The normalized spacial score (nSPS) is 23.7. The highest BCUT2D eigenvalue weighted by Crippen LogP contribution is 2.36. The van der Waals surface area contributed by atoms with Crippen LogP contribution >= 0.6 is 0 Å². The van der Waals surface area contributed by atoms with Crippen LogP contribution in [0.4, 0.5) is 0 Å². The Kier molecular flexibility index (Phi) is 6.85. The van der Waals surface area contributed by atoms with Gasteiger partial charge >= 0.3 is 0 Å². The Morgan fingerprint density at radius 3 is 2.37 bits per heavy atom. The van der Waals surface area contributed by atoms with Gasteiger partial charge in [-0.3, -0.25) is 14.3 Å². The predicted molar refractivity (Wildman–Crippen MR) is 135 cm³/mol. The zero-order valence-electron chi connectivity index (χ0n) is 21.1. The number of rotatable bonds is 6. The van der Waals surface area contributed by atoms with E-state index in [1.54, 1.807) is 4.68 Å². The summed E-state index contributed by atoms with van der Waals surface area (Å²) < 4.78 is 7.32. The molecule has 7 nitrogen and oxygen atoms in total. The first-order chi connectivity index (χ1) is 17.0. The lowest BCUT2D eigenvalue weighted by molar-refractivity contribution is -0.136. The number of carbonyl (C=O) groups excluding carboxylic acids is 2. The molecule has 2 amide bonds. The third kappa shape index (κ3) is 4.69. The molecule has 188 valence electrons. The highest BCUT2D eigenvalue weighted by Gasteiger charge is 2.51. The lowest BCUT2D eigenvalue weighted by atomic mass is 9.86. The van der Waals surface area contributed by atoms with E-state index in [0.29, 0.717) is 18.8 Å². The molecule has 2 aromatic rings. The second kappa shape index (κ2) is 10.0. The predicted octanol–water partition coefficient (Wildman–Crippen LogP) is 4.94. The summed E-state index contributed by atoms with van der Waals surface area (Å²) in [5.41, 5.74) is 1.30. The fourth-order valence-electron chi connectivity index (χ4n) is 6.13. The molecule has 1 atom stereocenters. The first-order valence-corrected chi connectivity index (χ1v) is 13.5. The smallest absolute Gasteiger partial charge is 0.273 e. The highest BCUT2D eigenvalue weighted by atomic mass is 16.5. The molecular formula is C28H38N4O3. The van der Waals surface area contributed by atoms with Crippen molar-refractivity contribution in [2.75, 3.05) is 6.61 Å². The molecule has 2 saturated carbocycles. The van der Waals surface area contributed by atoms with E-state index < -0.39 is 5.54 Å². The van der Waals surface area contributed by atoms with Crippen LogP contribution in [0.5, 0.6) is 5.75 Å². The lowest BCUT2D eigenvalue weighted by Gasteiger charge is -2.48. The molecule has 5 rings (SSSR count). The average molecular weight is 479 g/mol. The molecule has 35 heavy (non-hydrogen) atoms. The van der Waals surface area contributed by atoms with Gasteiger partial charge in [0.05, 0.1) is 18.8 Å². The van der Waals surface area contributed by atoms with Crippen molar-refractivity contribution < 1.29 is 14.3 Å². The quantitative estimate of drug-likeness (QED) is 0.638. The van der Waals surface area contributed by atoms with Crippen LogP contribution in [0.2, 0.25) is 0 Å². The maximum Gasteiger partial charge on any atom is 0.273 e. The molecule has 1 aromatic carbocycles. The number of aromatic nitrogens is 2. The van der Waals surface area contributed by atoms with E-state index in [1.165, 1.54) is 12.8 Å². The number of nitrogens with one attached hydrogen (secondary N) is 1. The second-order valence-corrected chi connectivity index (χ2v) is 10.6. The molecule has 0 unspecified atom stereocenters. The Bertz CT molecular complexity index is 1050. The number of amides is 2. The Balaban J connectivity index is 1.47. The van der Waals surface area contributed by atoms with E-state index in [-0.39, 0.29) is 23.9 Å². The van der Waals surface area contributed by atoms with Crippen molar-refractivity contribution in [3.05, 3.63) is 36.0 Å². The van der Waals surface area contributed by atoms with Gasteiger partial charge in [-0.1, -0.05) is 38.5 Å². The van der Waals surface area contributed by atoms with Gasteiger partial charge in [0.2, 0.25) is 5.91 Å². The Morgan fingerprint density at radius 2 is 1.71 bits per heavy atom. The van der Waals surface area contributed by atoms with Crippen molar-refractivity contribution in [2.45, 2.75) is 102 Å². The van der Waals surface area contributed by atoms with Gasteiger partial charge in [0.25, 0.3) is 5.91 Å². The highest BCUT2D eigenvalue weighted by molar-refractivity contribution is 6.00. The number of hydrogen-bond donors (Lipinski definition) is 1. The summed E-state index contributed by atoms with van der Waals surface area (Å²) in [7, 11) is 0. The van der Waals surface area contributed by atoms with E-state index in [2.05, 4.69) is 5.32 Å². The molecular weight excluding hydrogens is 440 g/mol. The van der Waals surface area contributed by atoms with Gasteiger partial charge in [0.1, 0.15) is 17.0 Å². The molecule has 0 saturated heterocycles. The lowest BCUT2D eigenvalue weighted by Crippen LogP contribution is -2.67. The molecule has 2 aliphatic carbocycles. The first kappa shape index (κ1) is 23.9. The van der Waals surface area contributed by atoms with Gasteiger partial charge in [0.15, 0.2) is 0 Å². The molecule has 0 radical (unpaired) electrons. The minimum absolute atomic E-state index is 0.0351. The maximum atomic E-state index is 14.0. The molecule has 2 fully saturated rings. The Morgan fingerprint density at radius 1 is 1.06 bits per heavy atom. The minimum Gasteiger partial charge on any atom is -0.494 e. The second-order valence-electron chi connectivity index (χ2n) is 10.6. The summed E-state index contributed by atoms with van der Waals surface area (Å²) in [6, 6.07) is 9.97. The van der Waals surface area contributed by atoms with Crippen LogP contribution < -0.4 is 10.1 Å². The average Bonchev–Trinajstić information content (AvgIpc) is 3.30. The fourth-order valence-corrected chi connectivity index (χ4v) is 6.13. The largest absolute Gasteiger partial charge is 0.494 e. The summed E-state index contributed by atoms with van der Waals surface area (Å²) in [6.45, 7) is 4.90. The molecule has 1 N–H and O–H groups in total. The molecule has 1 aliphatic heterocycles. The zero-order chi connectivity index (χ0) is 24.4. The molecule has 0 spiro atoms. The van der Waals surface area contributed by atoms with E-state index >= 15 is 0 Å². The van der Waals surface area contributed by atoms with Gasteiger partial charge in [-0.25, -0.2) is 0 Å². The summed E-state index contributed by atoms with van der Waals surface area (Å²) in [5, 5.41) is 8.12. The van der Waals surface area contributed by atoms with Crippen molar-refractivity contribution in [1.82, 2.24) is 20.0 Å². The van der Waals surface area contributed by atoms with Crippen molar-refractivity contribution >= 4 is 11.8 Å². The van der Waals surface area contributed by atoms with Crippen LogP contribution in [0.25, 0.3) is 11.3 Å². The van der Waals surface area contributed by atoms with Crippen molar-refractivity contribution in [3.63, 3.8) is 0 Å². The molecule has 3 aliphatic rings. The summed E-state index contributed by atoms with van der Waals surface area (Å²) in [6.07, 6.45) is 10.9. The number of nitrogens with zero attached hydrogens (tertiary/aromatic N) is 3. The summed E-state index contributed by atoms with van der Waals surface area (Å²) in [5.74, 6) is 0.702.